The van der Waals surface area contributed by atoms with Gasteiger partial charge in [0, 0.05) is 32.9 Å². The molecule has 0 aliphatic heterocycles. The molecule has 0 aromatic rings. The molecule has 0 aromatic heterocycles. The maximum Gasteiger partial charge on any atom is 0.306 e. The van der Waals surface area contributed by atoms with E-state index in [0.717, 1.165) is 51.4 Å². The Labute approximate surface area is 327 Å². The fourth-order valence-corrected chi connectivity index (χ4v) is 6.54. The molecule has 1 amide bonds. The Balaban J connectivity index is 4.70. The van der Waals surface area contributed by atoms with E-state index in [1.807, 2.05) is 13.8 Å². The van der Waals surface area contributed by atoms with Gasteiger partial charge in [-0.05, 0) is 46.0 Å². The second-order valence-corrected chi connectivity index (χ2v) is 16.1. The van der Waals surface area contributed by atoms with Crippen LogP contribution in [0.1, 0.15) is 228 Å². The maximum absolute atomic E-state index is 13.0. The van der Waals surface area contributed by atoms with Crippen LogP contribution in [0.4, 0.5) is 0 Å². The van der Waals surface area contributed by atoms with Crippen molar-refractivity contribution in [1.82, 2.24) is 5.32 Å². The van der Waals surface area contributed by atoms with Crippen molar-refractivity contribution in [3.8, 4) is 0 Å². The summed E-state index contributed by atoms with van der Waals surface area (Å²) in [6.07, 6.45) is 30.0. The smallest absolute Gasteiger partial charge is 0.306 e. The highest BCUT2D eigenvalue weighted by Crippen LogP contribution is 2.24. The summed E-state index contributed by atoms with van der Waals surface area (Å²) >= 11 is 0. The minimum absolute atomic E-state index is 0.0161. The Morgan fingerprint density at radius 2 is 1.02 bits per heavy atom. The van der Waals surface area contributed by atoms with Crippen molar-refractivity contribution in [3.05, 3.63) is 0 Å². The molecule has 0 aromatic carbocycles. The molecule has 0 bridgehead atoms. The highest BCUT2D eigenvalue weighted by Gasteiger charge is 2.29. The quantitative estimate of drug-likeness (QED) is 0.0493. The van der Waals surface area contributed by atoms with E-state index in [1.54, 1.807) is 7.11 Å². The second-order valence-electron chi connectivity index (χ2n) is 16.1. The third kappa shape index (κ3) is 31.3. The molecule has 8 nitrogen and oxygen atoms in total. The molecule has 8 heteroatoms. The van der Waals surface area contributed by atoms with Crippen molar-refractivity contribution in [3.63, 3.8) is 0 Å². The normalized spacial score (nSPS) is 14.3. The van der Waals surface area contributed by atoms with Gasteiger partial charge in [0.2, 0.25) is 5.91 Å². The van der Waals surface area contributed by atoms with Crippen molar-refractivity contribution >= 4 is 17.8 Å². The lowest BCUT2D eigenvalue weighted by Gasteiger charge is -2.32. The standard InChI is InChI=1S/C45H87NO7/c1-8-12-14-16-18-20-22-24-26-28-30-32-42(48)51-39-40(53-43(49)33-31-29-27-25-23-21-19-17-15-13-9-2)34-36-46-41(47)38-45(6,11-4)52-37-35-44(5,10-3)50-7/h40H,8-39H2,1-7H3,(H,46,47). The van der Waals surface area contributed by atoms with E-state index in [0.29, 0.717) is 38.8 Å². The molecule has 314 valence electrons. The van der Waals surface area contributed by atoms with E-state index < -0.39 is 11.7 Å². The van der Waals surface area contributed by atoms with Crippen LogP contribution in [0.15, 0.2) is 0 Å². The van der Waals surface area contributed by atoms with E-state index in [2.05, 4.69) is 33.0 Å². The van der Waals surface area contributed by atoms with Crippen molar-refractivity contribution in [2.75, 3.05) is 26.9 Å². The monoisotopic (exact) mass is 754 g/mol. The first kappa shape index (κ1) is 51.3. The Morgan fingerprint density at radius 1 is 0.585 bits per heavy atom. The molecule has 3 atom stereocenters. The molecule has 0 saturated heterocycles. The number of hydrogen-bond donors (Lipinski definition) is 1. The Bertz CT molecular complexity index is 877. The molecule has 0 aliphatic carbocycles. The number of unbranched alkanes of at least 4 members (excludes halogenated alkanes) is 20. The highest BCUT2D eigenvalue weighted by molar-refractivity contribution is 5.77. The molecular weight excluding hydrogens is 666 g/mol. The third-order valence-corrected chi connectivity index (χ3v) is 11.1. The van der Waals surface area contributed by atoms with Crippen molar-refractivity contribution in [1.29, 1.82) is 0 Å². The number of nitrogens with one attached hydrogen (secondary N) is 1. The SMILES string of the molecule is CCCCCCCCCCCCCC(=O)OCC(CCNC(=O)CC(C)(CC)OCCC(C)(CC)OC)OC(=O)CCCCCCCCCCCCC. The Kier molecular flexibility index (Phi) is 33.7. The number of carbonyl (C=O) groups excluding carboxylic acids is 3. The molecule has 0 heterocycles. The van der Waals surface area contributed by atoms with Crippen LogP contribution in [0.25, 0.3) is 0 Å². The molecule has 53 heavy (non-hydrogen) atoms. The van der Waals surface area contributed by atoms with Gasteiger partial charge in [-0.25, -0.2) is 0 Å². The van der Waals surface area contributed by atoms with E-state index in [-0.39, 0.29) is 36.5 Å². The summed E-state index contributed by atoms with van der Waals surface area (Å²) in [6, 6.07) is 0. The zero-order valence-electron chi connectivity index (χ0n) is 36.1. The number of esters is 2. The highest BCUT2D eigenvalue weighted by atomic mass is 16.6. The molecular formula is C45H87NO7. The second kappa shape index (κ2) is 34.8. The van der Waals surface area contributed by atoms with Gasteiger partial charge in [-0.2, -0.15) is 0 Å². The first-order valence-corrected chi connectivity index (χ1v) is 22.4. The lowest BCUT2D eigenvalue weighted by Crippen LogP contribution is -2.39. The van der Waals surface area contributed by atoms with Gasteiger partial charge in [-0.15, -0.1) is 0 Å². The minimum atomic E-state index is -0.591. The number of carbonyl (C=O) groups is 3. The molecule has 3 unspecified atom stereocenters. The third-order valence-electron chi connectivity index (χ3n) is 11.1. The summed E-state index contributed by atoms with van der Waals surface area (Å²) in [7, 11) is 1.72. The van der Waals surface area contributed by atoms with Gasteiger partial charge in [0.25, 0.3) is 0 Å². The number of ether oxygens (including phenoxy) is 4. The average Bonchev–Trinajstić information content (AvgIpc) is 3.14. The van der Waals surface area contributed by atoms with Gasteiger partial charge in [0.15, 0.2) is 0 Å². The predicted molar refractivity (Wildman–Crippen MR) is 220 cm³/mol. The Morgan fingerprint density at radius 3 is 1.45 bits per heavy atom. The summed E-state index contributed by atoms with van der Waals surface area (Å²) in [5.74, 6) is -0.625. The largest absolute Gasteiger partial charge is 0.462 e. The van der Waals surface area contributed by atoms with Crippen LogP contribution in [0.3, 0.4) is 0 Å². The zero-order chi connectivity index (χ0) is 39.5. The van der Waals surface area contributed by atoms with E-state index in [4.69, 9.17) is 18.9 Å². The number of rotatable bonds is 39. The molecule has 0 radical (unpaired) electrons. The molecule has 0 fully saturated rings. The van der Waals surface area contributed by atoms with E-state index >= 15 is 0 Å². The molecule has 1 N–H and O–H groups in total. The fourth-order valence-electron chi connectivity index (χ4n) is 6.54. The van der Waals surface area contributed by atoms with Gasteiger partial charge in [0.05, 0.1) is 24.2 Å². The van der Waals surface area contributed by atoms with Crippen molar-refractivity contribution in [2.45, 2.75) is 245 Å². The molecule has 0 rings (SSSR count). The van der Waals surface area contributed by atoms with Crippen molar-refractivity contribution in [2.24, 2.45) is 0 Å². The van der Waals surface area contributed by atoms with Gasteiger partial charge >= 0.3 is 11.9 Å². The molecule has 0 saturated carbocycles. The fraction of sp³-hybridized carbons (Fsp3) is 0.933. The van der Waals surface area contributed by atoms with E-state index in [9.17, 15) is 14.4 Å². The topological polar surface area (TPSA) is 100 Å². The molecule has 0 spiro atoms. The van der Waals surface area contributed by atoms with Crippen LogP contribution in [-0.4, -0.2) is 62.0 Å². The first-order chi connectivity index (χ1) is 25.6. The van der Waals surface area contributed by atoms with Gasteiger partial charge < -0.3 is 24.3 Å². The number of amides is 1. The lowest BCUT2D eigenvalue weighted by molar-refractivity contribution is -0.159. The summed E-state index contributed by atoms with van der Waals surface area (Å²) in [5.41, 5.74) is -0.830. The first-order valence-electron chi connectivity index (χ1n) is 22.4. The maximum atomic E-state index is 13.0. The van der Waals surface area contributed by atoms with Gasteiger partial charge in [-0.1, -0.05) is 156 Å². The van der Waals surface area contributed by atoms with Crippen molar-refractivity contribution < 1.29 is 33.3 Å². The van der Waals surface area contributed by atoms with E-state index in [1.165, 1.54) is 103 Å². The van der Waals surface area contributed by atoms with Crippen LogP contribution < -0.4 is 5.32 Å². The summed E-state index contributed by atoms with van der Waals surface area (Å²) in [5, 5.41) is 2.98. The van der Waals surface area contributed by atoms with Crippen LogP contribution in [-0.2, 0) is 33.3 Å². The lowest BCUT2D eigenvalue weighted by atomic mass is 9.96. The summed E-state index contributed by atoms with van der Waals surface area (Å²) in [6.45, 7) is 13.5. The minimum Gasteiger partial charge on any atom is -0.462 e. The predicted octanol–water partition coefficient (Wildman–Crippen LogP) is 12.1. The van der Waals surface area contributed by atoms with Crippen LogP contribution in [0, 0.1) is 0 Å². The molecule has 0 aliphatic rings. The van der Waals surface area contributed by atoms with Crippen LogP contribution >= 0.6 is 0 Å². The number of methoxy groups -OCH3 is 1. The Hall–Kier alpha value is -1.67. The van der Waals surface area contributed by atoms with Gasteiger partial charge in [-0.3, -0.25) is 14.4 Å². The van der Waals surface area contributed by atoms with Crippen LogP contribution in [0.5, 0.6) is 0 Å². The average molecular weight is 754 g/mol. The summed E-state index contributed by atoms with van der Waals surface area (Å²) in [4.78, 5) is 38.3. The summed E-state index contributed by atoms with van der Waals surface area (Å²) < 4.78 is 23.2. The number of hydrogen-bond acceptors (Lipinski definition) is 7. The zero-order valence-corrected chi connectivity index (χ0v) is 36.1. The van der Waals surface area contributed by atoms with Gasteiger partial charge in [0.1, 0.15) is 12.7 Å². The van der Waals surface area contributed by atoms with Crippen LogP contribution in [0.2, 0.25) is 0 Å².